The molecule has 6 heteroatoms. The zero-order valence-corrected chi connectivity index (χ0v) is 23.5. The number of carbonyl (C=O) groups is 3. The Morgan fingerprint density at radius 3 is 2.65 bits per heavy atom. The number of benzene rings is 2. The molecular weight excluding hydrogens is 500 g/mol. The minimum absolute atomic E-state index is 0.0410. The van der Waals surface area contributed by atoms with Crippen LogP contribution in [-0.2, 0) is 22.4 Å². The van der Waals surface area contributed by atoms with Crippen LogP contribution in [0.4, 0.5) is 0 Å². The highest BCUT2D eigenvalue weighted by Crippen LogP contribution is 2.37. The number of furan rings is 1. The maximum absolute atomic E-state index is 13.5. The number of aryl methyl sites for hydroxylation is 3. The van der Waals surface area contributed by atoms with E-state index in [1.807, 2.05) is 50.2 Å². The molecule has 0 saturated heterocycles. The molecule has 40 heavy (non-hydrogen) atoms. The molecule has 1 aromatic heterocycles. The molecule has 0 spiro atoms. The Labute approximate surface area is 234 Å². The fourth-order valence-corrected chi connectivity index (χ4v) is 5.57. The van der Waals surface area contributed by atoms with Crippen LogP contribution >= 0.6 is 0 Å². The zero-order valence-electron chi connectivity index (χ0n) is 23.5. The maximum Gasteiger partial charge on any atom is 0.181 e. The van der Waals surface area contributed by atoms with Gasteiger partial charge in [0.2, 0.25) is 0 Å². The molecule has 0 bridgehead atoms. The van der Waals surface area contributed by atoms with Gasteiger partial charge in [0.25, 0.3) is 0 Å². The number of allylic oxidation sites excluding steroid dienone is 4. The van der Waals surface area contributed by atoms with Gasteiger partial charge in [0.15, 0.2) is 17.3 Å². The number of rotatable bonds is 9. The summed E-state index contributed by atoms with van der Waals surface area (Å²) in [6, 6.07) is 13.7. The number of hydrogen-bond donors (Lipinski definition) is 0. The lowest BCUT2D eigenvalue weighted by molar-refractivity contribution is -0.116. The lowest BCUT2D eigenvalue weighted by Crippen LogP contribution is -2.30. The summed E-state index contributed by atoms with van der Waals surface area (Å²) in [4.78, 5) is 45.2. The Kier molecular flexibility index (Phi) is 7.53. The minimum Gasteiger partial charge on any atom is -0.461 e. The summed E-state index contributed by atoms with van der Waals surface area (Å²) >= 11 is 0. The van der Waals surface area contributed by atoms with Crippen LogP contribution in [-0.4, -0.2) is 35.0 Å². The first-order valence-corrected chi connectivity index (χ1v) is 13.7. The van der Waals surface area contributed by atoms with E-state index in [1.165, 1.54) is 0 Å². The average molecular weight is 535 g/mol. The van der Waals surface area contributed by atoms with Crippen molar-refractivity contribution >= 4 is 34.0 Å². The quantitative estimate of drug-likeness (QED) is 0.281. The monoisotopic (exact) mass is 534 g/mol. The minimum atomic E-state index is -0.0970. The van der Waals surface area contributed by atoms with Gasteiger partial charge in [-0.15, -0.1) is 0 Å². The van der Waals surface area contributed by atoms with Crippen molar-refractivity contribution < 1.29 is 18.8 Å². The summed E-state index contributed by atoms with van der Waals surface area (Å²) in [6.07, 6.45) is 6.29. The summed E-state index contributed by atoms with van der Waals surface area (Å²) in [5, 5.41) is 1.02. The molecule has 6 nitrogen and oxygen atoms in total. The third kappa shape index (κ3) is 5.67. The number of nitrogens with zero attached hydrogens (tertiary/aromatic N) is 2. The standard InChI is InChI=1S/C34H34N2O4/c1-20(2)14-34-35-29(32(39)18-26-9-8-25-17-24(22(4)37)10-11-28(25)26)19-30(36(34)5)31(38)12-6-23-7-13-33-27(16-23)15-21(3)40-33/h7,10-11,13-17,19,26H,1,6,8-9,12,18H2,2-5H3/b34-14-. The Balaban J connectivity index is 1.35. The third-order valence-corrected chi connectivity index (χ3v) is 7.69. The predicted octanol–water partition coefficient (Wildman–Crippen LogP) is 6.82. The highest BCUT2D eigenvalue weighted by atomic mass is 16.3. The zero-order chi connectivity index (χ0) is 28.6. The molecule has 1 unspecified atom stereocenters. The topological polar surface area (TPSA) is 80.0 Å². The van der Waals surface area contributed by atoms with Crippen molar-refractivity contribution in [1.29, 1.82) is 0 Å². The molecule has 2 aliphatic rings. The van der Waals surface area contributed by atoms with Gasteiger partial charge in [-0.05, 0) is 99.1 Å². The number of hydrogen-bond acceptors (Lipinski definition) is 6. The molecule has 3 aromatic rings. The smallest absolute Gasteiger partial charge is 0.181 e. The molecule has 0 saturated carbocycles. The molecule has 1 aliphatic heterocycles. The molecule has 204 valence electrons. The van der Waals surface area contributed by atoms with E-state index >= 15 is 0 Å². The van der Waals surface area contributed by atoms with Crippen molar-refractivity contribution in [3.8, 4) is 0 Å². The van der Waals surface area contributed by atoms with Crippen molar-refractivity contribution in [3.63, 3.8) is 0 Å². The Hall–Kier alpha value is -4.32. The molecule has 1 atom stereocenters. The molecule has 2 heterocycles. The van der Waals surface area contributed by atoms with Gasteiger partial charge >= 0.3 is 0 Å². The van der Waals surface area contributed by atoms with Crippen LogP contribution in [0.25, 0.3) is 11.0 Å². The predicted molar refractivity (Wildman–Crippen MR) is 158 cm³/mol. The summed E-state index contributed by atoms with van der Waals surface area (Å²) in [5.74, 6) is 1.33. The summed E-state index contributed by atoms with van der Waals surface area (Å²) in [7, 11) is 1.80. The second-order valence-corrected chi connectivity index (χ2v) is 10.9. The van der Waals surface area contributed by atoms with E-state index in [0.717, 1.165) is 51.8 Å². The van der Waals surface area contributed by atoms with Crippen molar-refractivity contribution in [2.75, 3.05) is 7.05 Å². The Morgan fingerprint density at radius 2 is 1.90 bits per heavy atom. The van der Waals surface area contributed by atoms with E-state index in [-0.39, 0.29) is 29.0 Å². The Bertz CT molecular complexity index is 1650. The number of Topliss-reactive ketones (excluding diaryl/α,β-unsaturated/α-hetero) is 3. The van der Waals surface area contributed by atoms with E-state index in [2.05, 4.69) is 17.6 Å². The van der Waals surface area contributed by atoms with E-state index < -0.39 is 0 Å². The van der Waals surface area contributed by atoms with Crippen molar-refractivity contribution in [1.82, 2.24) is 4.90 Å². The van der Waals surface area contributed by atoms with E-state index in [9.17, 15) is 14.4 Å². The van der Waals surface area contributed by atoms with Crippen LogP contribution < -0.4 is 0 Å². The number of aliphatic imine (C=N–C) groups is 1. The first kappa shape index (κ1) is 27.3. The largest absolute Gasteiger partial charge is 0.461 e. The van der Waals surface area contributed by atoms with Crippen LogP contribution in [0, 0.1) is 6.92 Å². The van der Waals surface area contributed by atoms with Gasteiger partial charge in [0.05, 0.1) is 5.70 Å². The molecule has 5 rings (SSSR count). The summed E-state index contributed by atoms with van der Waals surface area (Å²) in [6.45, 7) is 9.30. The molecule has 0 N–H and O–H groups in total. The molecular formula is C34H34N2O4. The normalized spacial score (nSPS) is 17.6. The molecule has 0 fully saturated rings. The lowest BCUT2D eigenvalue weighted by Gasteiger charge is -2.26. The van der Waals surface area contributed by atoms with E-state index in [0.29, 0.717) is 36.3 Å². The van der Waals surface area contributed by atoms with Crippen LogP contribution in [0.5, 0.6) is 0 Å². The van der Waals surface area contributed by atoms with Gasteiger partial charge < -0.3 is 9.32 Å². The van der Waals surface area contributed by atoms with Gasteiger partial charge in [0.1, 0.15) is 22.9 Å². The van der Waals surface area contributed by atoms with Gasteiger partial charge in [-0.2, -0.15) is 0 Å². The first-order valence-electron chi connectivity index (χ1n) is 13.7. The van der Waals surface area contributed by atoms with E-state index in [4.69, 9.17) is 4.42 Å². The second kappa shape index (κ2) is 11.0. The number of likely N-dealkylation sites (N-methyl/N-ethyl adjacent to an activating group) is 1. The van der Waals surface area contributed by atoms with E-state index in [1.54, 1.807) is 31.0 Å². The van der Waals surface area contributed by atoms with Crippen molar-refractivity contribution in [3.05, 3.63) is 106 Å². The van der Waals surface area contributed by atoms with Gasteiger partial charge in [-0.3, -0.25) is 14.4 Å². The van der Waals surface area contributed by atoms with Gasteiger partial charge in [0, 0.05) is 30.8 Å². The van der Waals surface area contributed by atoms with Gasteiger partial charge in [-0.25, -0.2) is 4.99 Å². The Morgan fingerprint density at radius 1 is 1.10 bits per heavy atom. The molecule has 0 radical (unpaired) electrons. The molecule has 1 aliphatic carbocycles. The van der Waals surface area contributed by atoms with Gasteiger partial charge in [-0.1, -0.05) is 30.4 Å². The number of ketones is 3. The number of carbonyl (C=O) groups excluding carboxylic acids is 3. The summed E-state index contributed by atoms with van der Waals surface area (Å²) < 4.78 is 5.66. The third-order valence-electron chi connectivity index (χ3n) is 7.69. The summed E-state index contributed by atoms with van der Waals surface area (Å²) in [5.41, 5.74) is 6.36. The van der Waals surface area contributed by atoms with Crippen LogP contribution in [0.2, 0.25) is 0 Å². The highest BCUT2D eigenvalue weighted by molar-refractivity contribution is 6.45. The molecule has 0 amide bonds. The lowest BCUT2D eigenvalue weighted by atomic mass is 9.92. The van der Waals surface area contributed by atoms with Crippen LogP contribution in [0.3, 0.4) is 0 Å². The first-order chi connectivity index (χ1) is 19.1. The SMILES string of the molecule is C=C(C)/C=C1/N=C(C(=O)CC2CCc3cc(C(C)=O)ccc32)C=C(C(=O)CCc2ccc3oc(C)cc3c2)N1C. The highest BCUT2D eigenvalue weighted by Gasteiger charge is 2.29. The fourth-order valence-electron chi connectivity index (χ4n) is 5.57. The average Bonchev–Trinajstić information content (AvgIpc) is 3.49. The second-order valence-electron chi connectivity index (χ2n) is 10.9. The van der Waals surface area contributed by atoms with Crippen LogP contribution in [0.1, 0.15) is 71.8 Å². The maximum atomic E-state index is 13.5. The van der Waals surface area contributed by atoms with Crippen LogP contribution in [0.15, 0.2) is 87.7 Å². The number of fused-ring (bicyclic) bond motifs is 2. The fraction of sp³-hybridized carbons (Fsp3) is 0.294. The molecule has 2 aromatic carbocycles. The van der Waals surface area contributed by atoms with Crippen molar-refractivity contribution in [2.24, 2.45) is 4.99 Å². The van der Waals surface area contributed by atoms with Crippen molar-refractivity contribution in [2.45, 2.75) is 58.8 Å².